The summed E-state index contributed by atoms with van der Waals surface area (Å²) >= 11 is 0. The normalized spacial score (nSPS) is 12.2. The zero-order valence-corrected chi connectivity index (χ0v) is 10.7. The van der Waals surface area contributed by atoms with Crippen LogP contribution < -0.4 is 10.6 Å². The van der Waals surface area contributed by atoms with Crippen molar-refractivity contribution in [2.45, 2.75) is 19.5 Å². The van der Waals surface area contributed by atoms with Crippen LogP contribution >= 0.6 is 0 Å². The van der Waals surface area contributed by atoms with E-state index in [1.807, 2.05) is 50.5 Å². The van der Waals surface area contributed by atoms with Crippen molar-refractivity contribution in [1.82, 2.24) is 9.97 Å². The molecule has 0 spiro atoms. The minimum atomic E-state index is 0.0210. The zero-order valence-electron chi connectivity index (χ0n) is 10.7. The number of hydrogen-bond donors (Lipinski definition) is 1. The average Bonchev–Trinajstić information content (AvgIpc) is 2.40. The van der Waals surface area contributed by atoms with Gasteiger partial charge in [-0.15, -0.1) is 0 Å². The highest BCUT2D eigenvalue weighted by molar-refractivity contribution is 5.39. The van der Waals surface area contributed by atoms with E-state index in [4.69, 9.17) is 5.73 Å². The molecule has 2 heterocycles. The third kappa shape index (κ3) is 3.05. The summed E-state index contributed by atoms with van der Waals surface area (Å²) in [5, 5.41) is 0. The van der Waals surface area contributed by atoms with Gasteiger partial charge in [-0.1, -0.05) is 12.1 Å². The molecule has 4 heteroatoms. The highest BCUT2D eigenvalue weighted by atomic mass is 15.2. The predicted molar refractivity (Wildman–Crippen MR) is 73.2 cm³/mol. The zero-order chi connectivity index (χ0) is 13.0. The Bertz CT molecular complexity index is 479. The summed E-state index contributed by atoms with van der Waals surface area (Å²) in [6.45, 7) is 2.69. The Labute approximate surface area is 107 Å². The van der Waals surface area contributed by atoms with Crippen molar-refractivity contribution in [1.29, 1.82) is 0 Å². The highest BCUT2D eigenvalue weighted by Gasteiger charge is 2.05. The minimum absolute atomic E-state index is 0.0210. The lowest BCUT2D eigenvalue weighted by Gasteiger charge is -2.18. The second-order valence-corrected chi connectivity index (χ2v) is 4.42. The van der Waals surface area contributed by atoms with Gasteiger partial charge < -0.3 is 10.6 Å². The van der Waals surface area contributed by atoms with E-state index in [1.54, 1.807) is 6.20 Å². The SMILES string of the molecule is C[C@H](N)c1ccc(N(C)Cc2ccccn2)nc1. The van der Waals surface area contributed by atoms with Crippen molar-refractivity contribution >= 4 is 5.82 Å². The summed E-state index contributed by atoms with van der Waals surface area (Å²) < 4.78 is 0. The van der Waals surface area contributed by atoms with Gasteiger partial charge in [-0.25, -0.2) is 4.98 Å². The van der Waals surface area contributed by atoms with Crippen LogP contribution in [0.4, 0.5) is 5.82 Å². The van der Waals surface area contributed by atoms with Crippen molar-refractivity contribution in [3.63, 3.8) is 0 Å². The molecule has 0 saturated heterocycles. The maximum absolute atomic E-state index is 5.80. The fraction of sp³-hybridized carbons (Fsp3) is 0.286. The minimum Gasteiger partial charge on any atom is -0.354 e. The Morgan fingerprint density at radius 3 is 2.61 bits per heavy atom. The van der Waals surface area contributed by atoms with Gasteiger partial charge in [0.1, 0.15) is 5.82 Å². The molecule has 0 unspecified atom stereocenters. The average molecular weight is 242 g/mol. The summed E-state index contributed by atoms with van der Waals surface area (Å²) in [5.41, 5.74) is 7.87. The van der Waals surface area contributed by atoms with Crippen LogP contribution in [0.1, 0.15) is 24.2 Å². The quantitative estimate of drug-likeness (QED) is 0.892. The molecule has 0 amide bonds. The van der Waals surface area contributed by atoms with E-state index < -0.39 is 0 Å². The molecule has 1 atom stereocenters. The molecule has 0 aliphatic rings. The summed E-state index contributed by atoms with van der Waals surface area (Å²) in [7, 11) is 2.00. The van der Waals surface area contributed by atoms with Crippen LogP contribution in [0.3, 0.4) is 0 Å². The van der Waals surface area contributed by atoms with Crippen molar-refractivity contribution in [2.24, 2.45) is 5.73 Å². The third-order valence-corrected chi connectivity index (χ3v) is 2.81. The van der Waals surface area contributed by atoms with Crippen molar-refractivity contribution in [3.8, 4) is 0 Å². The van der Waals surface area contributed by atoms with Gasteiger partial charge in [0, 0.05) is 25.5 Å². The summed E-state index contributed by atoms with van der Waals surface area (Å²) in [5.74, 6) is 0.921. The van der Waals surface area contributed by atoms with Gasteiger partial charge in [0.25, 0.3) is 0 Å². The molecule has 18 heavy (non-hydrogen) atoms. The third-order valence-electron chi connectivity index (χ3n) is 2.81. The first-order chi connectivity index (χ1) is 8.66. The second kappa shape index (κ2) is 5.60. The van der Waals surface area contributed by atoms with Gasteiger partial charge >= 0.3 is 0 Å². The van der Waals surface area contributed by atoms with Gasteiger partial charge in [-0.3, -0.25) is 4.98 Å². The summed E-state index contributed by atoms with van der Waals surface area (Å²) in [6.07, 6.45) is 3.63. The number of aromatic nitrogens is 2. The molecule has 4 nitrogen and oxygen atoms in total. The second-order valence-electron chi connectivity index (χ2n) is 4.42. The molecule has 0 radical (unpaired) electrons. The monoisotopic (exact) mass is 242 g/mol. The van der Waals surface area contributed by atoms with E-state index in [0.29, 0.717) is 0 Å². The molecule has 0 aliphatic carbocycles. The lowest BCUT2D eigenvalue weighted by Crippen LogP contribution is -2.18. The van der Waals surface area contributed by atoms with Crippen LogP contribution in [0, 0.1) is 0 Å². The molecule has 94 valence electrons. The fourth-order valence-electron chi connectivity index (χ4n) is 1.71. The van der Waals surface area contributed by atoms with E-state index in [0.717, 1.165) is 23.6 Å². The van der Waals surface area contributed by atoms with Crippen LogP contribution in [-0.4, -0.2) is 17.0 Å². The first kappa shape index (κ1) is 12.5. The summed E-state index contributed by atoms with van der Waals surface area (Å²) in [4.78, 5) is 10.8. The predicted octanol–water partition coefficient (Wildman–Crippen LogP) is 2.13. The molecular weight excluding hydrogens is 224 g/mol. The Kier molecular flexibility index (Phi) is 3.89. The lowest BCUT2D eigenvalue weighted by molar-refractivity contribution is 0.805. The Morgan fingerprint density at radius 2 is 2.06 bits per heavy atom. The van der Waals surface area contributed by atoms with Gasteiger partial charge in [0.05, 0.1) is 12.2 Å². The van der Waals surface area contributed by atoms with E-state index in [-0.39, 0.29) is 6.04 Å². The highest BCUT2D eigenvalue weighted by Crippen LogP contribution is 2.14. The molecule has 0 aromatic carbocycles. The van der Waals surface area contributed by atoms with Gasteiger partial charge in [-0.05, 0) is 30.7 Å². The molecule has 0 bridgehead atoms. The Morgan fingerprint density at radius 1 is 1.22 bits per heavy atom. The van der Waals surface area contributed by atoms with E-state index in [9.17, 15) is 0 Å². The van der Waals surface area contributed by atoms with Crippen molar-refractivity contribution in [3.05, 3.63) is 54.0 Å². The van der Waals surface area contributed by atoms with E-state index >= 15 is 0 Å². The van der Waals surface area contributed by atoms with Crippen LogP contribution in [0.15, 0.2) is 42.7 Å². The molecule has 2 N–H and O–H groups in total. The number of rotatable bonds is 4. The molecular formula is C14H18N4. The topological polar surface area (TPSA) is 55.0 Å². The number of hydrogen-bond acceptors (Lipinski definition) is 4. The molecule has 0 saturated carbocycles. The van der Waals surface area contributed by atoms with Crippen LogP contribution in [0.25, 0.3) is 0 Å². The van der Waals surface area contributed by atoms with E-state index in [2.05, 4.69) is 14.9 Å². The van der Waals surface area contributed by atoms with E-state index in [1.165, 1.54) is 0 Å². The van der Waals surface area contributed by atoms with Gasteiger partial charge in [-0.2, -0.15) is 0 Å². The Balaban J connectivity index is 2.07. The molecule has 0 fully saturated rings. The van der Waals surface area contributed by atoms with Crippen molar-refractivity contribution < 1.29 is 0 Å². The largest absolute Gasteiger partial charge is 0.354 e. The number of nitrogens with zero attached hydrogens (tertiary/aromatic N) is 3. The van der Waals surface area contributed by atoms with Gasteiger partial charge in [0.2, 0.25) is 0 Å². The molecule has 2 rings (SSSR count). The number of anilines is 1. The lowest BCUT2D eigenvalue weighted by atomic mass is 10.1. The summed E-state index contributed by atoms with van der Waals surface area (Å²) in [6, 6.07) is 9.94. The van der Waals surface area contributed by atoms with Crippen LogP contribution in [-0.2, 0) is 6.54 Å². The number of pyridine rings is 2. The van der Waals surface area contributed by atoms with Crippen LogP contribution in [0.2, 0.25) is 0 Å². The van der Waals surface area contributed by atoms with Crippen LogP contribution in [0.5, 0.6) is 0 Å². The van der Waals surface area contributed by atoms with Gasteiger partial charge in [0.15, 0.2) is 0 Å². The Hall–Kier alpha value is -1.94. The molecule has 0 aliphatic heterocycles. The standard InChI is InChI=1S/C14H18N4/c1-11(15)12-6-7-14(17-9-12)18(2)10-13-5-3-4-8-16-13/h3-9,11H,10,15H2,1-2H3/t11-/m0/s1. The maximum Gasteiger partial charge on any atom is 0.128 e. The first-order valence-corrected chi connectivity index (χ1v) is 5.99. The maximum atomic E-state index is 5.80. The number of nitrogens with two attached hydrogens (primary N) is 1. The molecule has 2 aromatic rings. The fourth-order valence-corrected chi connectivity index (χ4v) is 1.71. The smallest absolute Gasteiger partial charge is 0.128 e. The first-order valence-electron chi connectivity index (χ1n) is 5.99. The molecule has 2 aromatic heterocycles. The van der Waals surface area contributed by atoms with Crippen molar-refractivity contribution in [2.75, 3.05) is 11.9 Å².